The Kier molecular flexibility index (Phi) is 4.25. The Labute approximate surface area is 138 Å². The monoisotopic (exact) mass is 327 g/mol. The Hall–Kier alpha value is -2.47. The number of rotatable bonds is 4. The van der Waals surface area contributed by atoms with Gasteiger partial charge in [-0.1, -0.05) is 6.07 Å². The lowest BCUT2D eigenvalue weighted by atomic mass is 10.1. The van der Waals surface area contributed by atoms with Crippen LogP contribution >= 0.6 is 11.3 Å². The second kappa shape index (κ2) is 6.34. The number of hydrogen-bond donors (Lipinski definition) is 0. The van der Waals surface area contributed by atoms with Crippen molar-refractivity contribution in [3.63, 3.8) is 0 Å². The summed E-state index contributed by atoms with van der Waals surface area (Å²) in [4.78, 5) is 18.5. The normalized spacial score (nSPS) is 10.7. The van der Waals surface area contributed by atoms with Gasteiger partial charge >= 0.3 is 5.97 Å². The third-order valence-corrected chi connectivity index (χ3v) is 4.55. The van der Waals surface area contributed by atoms with E-state index in [-0.39, 0.29) is 0 Å². The zero-order valence-corrected chi connectivity index (χ0v) is 14.1. The van der Waals surface area contributed by atoms with Gasteiger partial charge in [-0.05, 0) is 38.1 Å². The van der Waals surface area contributed by atoms with E-state index in [1.807, 2.05) is 25.2 Å². The fourth-order valence-corrected chi connectivity index (χ4v) is 3.40. The van der Waals surface area contributed by atoms with Crippen LogP contribution in [0.4, 0.5) is 0 Å². The van der Waals surface area contributed by atoms with Gasteiger partial charge in [-0.15, -0.1) is 11.3 Å². The summed E-state index contributed by atoms with van der Waals surface area (Å²) < 4.78 is 6.73. The lowest BCUT2D eigenvalue weighted by Crippen LogP contribution is -2.05. The van der Waals surface area contributed by atoms with Crippen LogP contribution in [0.1, 0.15) is 22.3 Å². The first-order valence-corrected chi connectivity index (χ1v) is 8.15. The molecule has 0 unspecified atom stereocenters. The van der Waals surface area contributed by atoms with E-state index in [2.05, 4.69) is 23.1 Å². The molecule has 0 aliphatic carbocycles. The van der Waals surface area contributed by atoms with Gasteiger partial charge in [0.1, 0.15) is 0 Å². The van der Waals surface area contributed by atoms with Gasteiger partial charge in [0.25, 0.3) is 0 Å². The fourth-order valence-electron chi connectivity index (χ4n) is 2.40. The maximum absolute atomic E-state index is 11.8. The van der Waals surface area contributed by atoms with E-state index in [1.165, 1.54) is 0 Å². The lowest BCUT2D eigenvalue weighted by Gasteiger charge is -1.99. The molecule has 3 aromatic heterocycles. The van der Waals surface area contributed by atoms with Gasteiger partial charge in [0, 0.05) is 23.7 Å². The molecule has 6 heteroatoms. The van der Waals surface area contributed by atoms with Gasteiger partial charge in [0.05, 0.1) is 22.9 Å². The molecule has 3 heterocycles. The average molecular weight is 327 g/mol. The molecule has 3 rings (SSSR count). The Morgan fingerprint density at radius 1 is 1.35 bits per heavy atom. The number of hydrogen-bond acceptors (Lipinski definition) is 5. The van der Waals surface area contributed by atoms with E-state index < -0.39 is 5.97 Å². The number of ether oxygens (including phenoxy) is 1. The van der Waals surface area contributed by atoms with E-state index in [9.17, 15) is 4.79 Å². The molecule has 0 saturated heterocycles. The third kappa shape index (κ3) is 3.03. The minimum Gasteiger partial charge on any atom is -0.461 e. The van der Waals surface area contributed by atoms with Crippen molar-refractivity contribution in [2.24, 2.45) is 7.05 Å². The minimum atomic E-state index is -0.396. The quantitative estimate of drug-likeness (QED) is 0.686. The Balaban J connectivity index is 2.00. The summed E-state index contributed by atoms with van der Waals surface area (Å²) in [6, 6.07) is 9.73. The van der Waals surface area contributed by atoms with Gasteiger partial charge in [0.2, 0.25) is 0 Å². The number of pyridine rings is 1. The molecule has 0 amide bonds. The lowest BCUT2D eigenvalue weighted by molar-refractivity contribution is 0.0518. The summed E-state index contributed by atoms with van der Waals surface area (Å²) in [7, 11) is 1.83. The SMILES string of the molecule is CCOC(=O)c1cc(-c2cc(-c3ccccn3)sc2C)n(C)n1. The van der Waals surface area contributed by atoms with Crippen molar-refractivity contribution in [1.82, 2.24) is 14.8 Å². The second-order valence-electron chi connectivity index (χ2n) is 5.05. The molecular weight excluding hydrogens is 310 g/mol. The van der Waals surface area contributed by atoms with Crippen molar-refractivity contribution < 1.29 is 9.53 Å². The van der Waals surface area contributed by atoms with Gasteiger partial charge in [-0.25, -0.2) is 4.79 Å². The molecular formula is C17H17N3O2S. The zero-order chi connectivity index (χ0) is 16.4. The van der Waals surface area contributed by atoms with Crippen molar-refractivity contribution in [3.05, 3.63) is 47.1 Å². The Bertz CT molecular complexity index is 837. The van der Waals surface area contributed by atoms with E-state index in [1.54, 1.807) is 35.2 Å². The van der Waals surface area contributed by atoms with Crippen molar-refractivity contribution in [2.75, 3.05) is 6.61 Å². The first-order chi connectivity index (χ1) is 11.1. The summed E-state index contributed by atoms with van der Waals surface area (Å²) >= 11 is 1.68. The molecule has 0 atom stereocenters. The zero-order valence-electron chi connectivity index (χ0n) is 13.2. The number of nitrogens with zero attached hydrogens (tertiary/aromatic N) is 3. The molecule has 0 radical (unpaired) electrons. The molecule has 0 aromatic carbocycles. The second-order valence-corrected chi connectivity index (χ2v) is 6.31. The summed E-state index contributed by atoms with van der Waals surface area (Å²) in [6.07, 6.45) is 1.78. The van der Waals surface area contributed by atoms with Crippen LogP contribution in [0.15, 0.2) is 36.5 Å². The summed E-state index contributed by atoms with van der Waals surface area (Å²) in [5.41, 5.74) is 3.22. The molecule has 3 aromatic rings. The number of carbonyl (C=O) groups is 1. The molecule has 23 heavy (non-hydrogen) atoms. The first kappa shape index (κ1) is 15.4. The highest BCUT2D eigenvalue weighted by Gasteiger charge is 2.18. The molecule has 5 nitrogen and oxygen atoms in total. The molecule has 0 saturated carbocycles. The highest BCUT2D eigenvalue weighted by molar-refractivity contribution is 7.15. The fraction of sp³-hybridized carbons (Fsp3) is 0.235. The predicted molar refractivity (Wildman–Crippen MR) is 90.4 cm³/mol. The van der Waals surface area contributed by atoms with Crippen LogP contribution in [0.5, 0.6) is 0 Å². The van der Waals surface area contributed by atoms with Crippen molar-refractivity contribution >= 4 is 17.3 Å². The molecule has 0 fully saturated rings. The van der Waals surface area contributed by atoms with Crippen LogP contribution in [0.3, 0.4) is 0 Å². The van der Waals surface area contributed by atoms with Crippen LogP contribution in [0.2, 0.25) is 0 Å². The molecule has 0 aliphatic heterocycles. The predicted octanol–water partition coefficient (Wildman–Crippen LogP) is 3.70. The van der Waals surface area contributed by atoms with Crippen LogP contribution in [-0.2, 0) is 11.8 Å². The number of aryl methyl sites for hydroxylation is 2. The van der Waals surface area contributed by atoms with Crippen LogP contribution in [-0.4, -0.2) is 27.3 Å². The number of aromatic nitrogens is 3. The van der Waals surface area contributed by atoms with E-state index >= 15 is 0 Å². The van der Waals surface area contributed by atoms with Crippen LogP contribution < -0.4 is 0 Å². The van der Waals surface area contributed by atoms with Gasteiger partial charge in [-0.2, -0.15) is 5.10 Å². The topological polar surface area (TPSA) is 57.0 Å². The van der Waals surface area contributed by atoms with Crippen molar-refractivity contribution in [2.45, 2.75) is 13.8 Å². The highest BCUT2D eigenvalue weighted by atomic mass is 32.1. The smallest absolute Gasteiger partial charge is 0.358 e. The Morgan fingerprint density at radius 2 is 2.17 bits per heavy atom. The molecule has 0 bridgehead atoms. The maximum Gasteiger partial charge on any atom is 0.358 e. The largest absolute Gasteiger partial charge is 0.461 e. The standard InChI is InChI=1S/C17H17N3O2S/c1-4-22-17(21)14-10-15(20(3)19-14)12-9-16(23-11(12)2)13-7-5-6-8-18-13/h5-10H,4H2,1-3H3. The summed E-state index contributed by atoms with van der Waals surface area (Å²) in [6.45, 7) is 4.18. The molecule has 0 spiro atoms. The van der Waals surface area contributed by atoms with Gasteiger partial charge < -0.3 is 4.74 Å². The van der Waals surface area contributed by atoms with E-state index in [4.69, 9.17) is 4.74 Å². The summed E-state index contributed by atoms with van der Waals surface area (Å²) in [5, 5.41) is 4.26. The van der Waals surface area contributed by atoms with Crippen molar-refractivity contribution in [1.29, 1.82) is 0 Å². The van der Waals surface area contributed by atoms with Crippen molar-refractivity contribution in [3.8, 4) is 21.8 Å². The molecule has 0 aliphatic rings. The first-order valence-electron chi connectivity index (χ1n) is 7.33. The molecule has 0 N–H and O–H groups in total. The third-order valence-electron chi connectivity index (χ3n) is 3.48. The van der Waals surface area contributed by atoms with E-state index in [0.29, 0.717) is 12.3 Å². The highest BCUT2D eigenvalue weighted by Crippen LogP contribution is 2.36. The summed E-state index contributed by atoms with van der Waals surface area (Å²) in [5.74, 6) is -0.396. The number of esters is 1. The number of carbonyl (C=O) groups excluding carboxylic acids is 1. The van der Waals surface area contributed by atoms with E-state index in [0.717, 1.165) is 26.7 Å². The van der Waals surface area contributed by atoms with Crippen LogP contribution in [0.25, 0.3) is 21.8 Å². The van der Waals surface area contributed by atoms with Gasteiger partial charge in [0.15, 0.2) is 5.69 Å². The number of thiophene rings is 1. The minimum absolute atomic E-state index is 0.328. The Morgan fingerprint density at radius 3 is 2.87 bits per heavy atom. The van der Waals surface area contributed by atoms with Gasteiger partial charge in [-0.3, -0.25) is 9.67 Å². The van der Waals surface area contributed by atoms with Crippen LogP contribution in [0, 0.1) is 6.92 Å². The molecule has 118 valence electrons. The maximum atomic E-state index is 11.8. The average Bonchev–Trinajstić information content (AvgIpc) is 3.11.